The average Bonchev–Trinajstić information content (AvgIpc) is 3.23. The van der Waals surface area contributed by atoms with Crippen molar-refractivity contribution in [1.82, 2.24) is 19.5 Å². The lowest BCUT2D eigenvalue weighted by molar-refractivity contribution is -0.0511. The summed E-state index contributed by atoms with van der Waals surface area (Å²) in [5, 5.41) is 29.5. The molecule has 4 atom stereocenters. The number of imidazole rings is 1. The summed E-state index contributed by atoms with van der Waals surface area (Å²) < 4.78 is 7.10. The maximum atomic E-state index is 10.2. The Morgan fingerprint density at radius 1 is 1.08 bits per heavy atom. The summed E-state index contributed by atoms with van der Waals surface area (Å²) in [6, 6.07) is 7.67. The van der Waals surface area contributed by atoms with Crippen LogP contribution in [0.2, 0.25) is 0 Å². The van der Waals surface area contributed by atoms with E-state index >= 15 is 0 Å². The predicted octanol–water partition coefficient (Wildman–Crippen LogP) is -0.437. The van der Waals surface area contributed by atoms with E-state index in [1.807, 2.05) is 24.3 Å². The van der Waals surface area contributed by atoms with Gasteiger partial charge in [-0.2, -0.15) is 0 Å². The van der Waals surface area contributed by atoms with E-state index in [1.54, 1.807) is 0 Å². The summed E-state index contributed by atoms with van der Waals surface area (Å²) in [7, 11) is 0. The third-order valence-corrected chi connectivity index (χ3v) is 4.61. The van der Waals surface area contributed by atoms with Gasteiger partial charge in [0.15, 0.2) is 11.9 Å². The predicted molar refractivity (Wildman–Crippen MR) is 91.7 cm³/mol. The Labute approximate surface area is 148 Å². The molecule has 0 bridgehead atoms. The highest BCUT2D eigenvalue weighted by atomic mass is 16.6. The molecule has 9 nitrogen and oxygen atoms in total. The van der Waals surface area contributed by atoms with Crippen molar-refractivity contribution in [2.75, 3.05) is 6.61 Å². The van der Waals surface area contributed by atoms with E-state index in [2.05, 4.69) is 15.0 Å². The summed E-state index contributed by atoms with van der Waals surface area (Å²) in [4.78, 5) is 12.9. The molecule has 0 spiro atoms. The molecule has 9 heteroatoms. The van der Waals surface area contributed by atoms with E-state index < -0.39 is 31.1 Å². The smallest absolute Gasteiger partial charge is 0.166 e. The monoisotopic (exact) mass is 357 g/mol. The molecular weight excluding hydrogens is 338 g/mol. The van der Waals surface area contributed by atoms with Gasteiger partial charge in [-0.05, 0) is 5.56 Å². The molecule has 0 unspecified atom stereocenters. The highest BCUT2D eigenvalue weighted by Crippen LogP contribution is 2.33. The van der Waals surface area contributed by atoms with Crippen LogP contribution in [-0.4, -0.2) is 59.8 Å². The van der Waals surface area contributed by atoms with E-state index in [0.29, 0.717) is 23.4 Å². The quantitative estimate of drug-likeness (QED) is 0.493. The highest BCUT2D eigenvalue weighted by Gasteiger charge is 2.44. The molecule has 5 N–H and O–H groups in total. The molecule has 1 aromatic carbocycles. The molecule has 1 aliphatic rings. The maximum Gasteiger partial charge on any atom is 0.166 e. The van der Waals surface area contributed by atoms with Crippen LogP contribution in [0.3, 0.4) is 0 Å². The summed E-state index contributed by atoms with van der Waals surface area (Å²) >= 11 is 0. The first-order chi connectivity index (χ1) is 12.6. The Bertz CT molecular complexity index is 913. The van der Waals surface area contributed by atoms with Crippen molar-refractivity contribution in [2.45, 2.75) is 31.1 Å². The van der Waals surface area contributed by atoms with Gasteiger partial charge in [-0.3, -0.25) is 4.57 Å². The van der Waals surface area contributed by atoms with Crippen molar-refractivity contribution in [3.63, 3.8) is 0 Å². The van der Waals surface area contributed by atoms with Crippen LogP contribution in [0.5, 0.6) is 0 Å². The van der Waals surface area contributed by atoms with Gasteiger partial charge < -0.3 is 25.8 Å². The van der Waals surface area contributed by atoms with Crippen LogP contribution in [0, 0.1) is 0 Å². The van der Waals surface area contributed by atoms with E-state index in [4.69, 9.17) is 10.5 Å². The maximum absolute atomic E-state index is 10.2. The second-order valence-electron chi connectivity index (χ2n) is 6.18. The lowest BCUT2D eigenvalue weighted by Gasteiger charge is -2.16. The second kappa shape index (κ2) is 6.71. The molecule has 0 amide bonds. The van der Waals surface area contributed by atoms with Gasteiger partial charge in [0, 0.05) is 12.1 Å². The molecule has 3 heterocycles. The zero-order valence-electron chi connectivity index (χ0n) is 13.8. The topological polar surface area (TPSA) is 140 Å². The molecule has 4 rings (SSSR count). The van der Waals surface area contributed by atoms with Crippen molar-refractivity contribution in [3.8, 4) is 11.3 Å². The zero-order chi connectivity index (χ0) is 18.3. The number of aliphatic hydroxyl groups is 3. The highest BCUT2D eigenvalue weighted by molar-refractivity contribution is 5.87. The van der Waals surface area contributed by atoms with Crippen LogP contribution in [-0.2, 0) is 11.3 Å². The third kappa shape index (κ3) is 2.66. The number of hydrogen-bond acceptors (Lipinski definition) is 8. The van der Waals surface area contributed by atoms with Crippen molar-refractivity contribution < 1.29 is 20.1 Å². The third-order valence-electron chi connectivity index (χ3n) is 4.61. The number of ether oxygens (including phenoxy) is 1. The SMILES string of the molecule is NCc1ccc(-c2ncnc3c2ncn3[C@@H]2O[C@H](CO)[C@@H](O)[C@H]2O)cc1. The summed E-state index contributed by atoms with van der Waals surface area (Å²) in [5.74, 6) is 0. The van der Waals surface area contributed by atoms with Gasteiger partial charge in [-0.1, -0.05) is 24.3 Å². The fourth-order valence-corrected chi connectivity index (χ4v) is 3.16. The minimum absolute atomic E-state index is 0.394. The summed E-state index contributed by atoms with van der Waals surface area (Å²) in [5.41, 5.74) is 9.16. The lowest BCUT2D eigenvalue weighted by atomic mass is 10.1. The molecule has 136 valence electrons. The number of nitrogens with zero attached hydrogens (tertiary/aromatic N) is 4. The Morgan fingerprint density at radius 2 is 1.85 bits per heavy atom. The number of aromatic nitrogens is 4. The number of benzene rings is 1. The van der Waals surface area contributed by atoms with Crippen LogP contribution in [0.15, 0.2) is 36.9 Å². The van der Waals surface area contributed by atoms with E-state index in [1.165, 1.54) is 17.2 Å². The number of nitrogens with two attached hydrogens (primary N) is 1. The summed E-state index contributed by atoms with van der Waals surface area (Å²) in [6.45, 7) is 0.0639. The largest absolute Gasteiger partial charge is 0.394 e. The molecule has 1 fully saturated rings. The standard InChI is InChI=1S/C17H19N5O4/c18-5-9-1-3-10(4-2-9)12-13-16(20-7-19-12)22(8-21-13)17-15(25)14(24)11(6-23)26-17/h1-4,7-8,11,14-15,17,23-25H,5-6,18H2/t11-,14-,15-,17-/m1/s1. The number of hydrogen-bond donors (Lipinski definition) is 4. The van der Waals surface area contributed by atoms with Crippen molar-refractivity contribution in [3.05, 3.63) is 42.5 Å². The number of aliphatic hydroxyl groups excluding tert-OH is 3. The van der Waals surface area contributed by atoms with Gasteiger partial charge in [0.25, 0.3) is 0 Å². The van der Waals surface area contributed by atoms with Gasteiger partial charge in [0.1, 0.15) is 35.8 Å². The van der Waals surface area contributed by atoms with Crippen LogP contribution < -0.4 is 5.73 Å². The van der Waals surface area contributed by atoms with Crippen LogP contribution in [0.4, 0.5) is 0 Å². The summed E-state index contributed by atoms with van der Waals surface area (Å²) in [6.07, 6.45) is -1.25. The molecule has 0 radical (unpaired) electrons. The van der Waals surface area contributed by atoms with E-state index in [0.717, 1.165) is 11.1 Å². The normalized spacial score (nSPS) is 25.8. The Balaban J connectivity index is 1.76. The van der Waals surface area contributed by atoms with E-state index in [-0.39, 0.29) is 0 Å². The minimum Gasteiger partial charge on any atom is -0.394 e. The Kier molecular flexibility index (Phi) is 4.39. The molecular formula is C17H19N5O4. The first-order valence-corrected chi connectivity index (χ1v) is 8.23. The molecule has 1 saturated heterocycles. The molecule has 26 heavy (non-hydrogen) atoms. The molecule has 3 aromatic rings. The molecule has 0 aliphatic carbocycles. The minimum atomic E-state index is -1.20. The van der Waals surface area contributed by atoms with Gasteiger partial charge in [-0.15, -0.1) is 0 Å². The van der Waals surface area contributed by atoms with Crippen LogP contribution in [0.25, 0.3) is 22.4 Å². The molecule has 2 aromatic heterocycles. The van der Waals surface area contributed by atoms with E-state index in [9.17, 15) is 15.3 Å². The second-order valence-corrected chi connectivity index (χ2v) is 6.18. The zero-order valence-corrected chi connectivity index (χ0v) is 13.8. The molecule has 1 aliphatic heterocycles. The van der Waals surface area contributed by atoms with Crippen molar-refractivity contribution >= 4 is 11.2 Å². The van der Waals surface area contributed by atoms with Gasteiger partial charge in [0.05, 0.1) is 12.9 Å². The number of rotatable bonds is 4. The fourth-order valence-electron chi connectivity index (χ4n) is 3.16. The van der Waals surface area contributed by atoms with Crippen LogP contribution >= 0.6 is 0 Å². The first-order valence-electron chi connectivity index (χ1n) is 8.23. The van der Waals surface area contributed by atoms with Crippen molar-refractivity contribution in [1.29, 1.82) is 0 Å². The lowest BCUT2D eigenvalue weighted by Crippen LogP contribution is -2.33. The first kappa shape index (κ1) is 17.0. The number of fused-ring (bicyclic) bond motifs is 1. The van der Waals surface area contributed by atoms with Gasteiger partial charge in [-0.25, -0.2) is 15.0 Å². The van der Waals surface area contributed by atoms with Crippen molar-refractivity contribution in [2.24, 2.45) is 5.73 Å². The van der Waals surface area contributed by atoms with Gasteiger partial charge >= 0.3 is 0 Å². The fraction of sp³-hybridized carbons (Fsp3) is 0.353. The Hall–Kier alpha value is -2.43. The Morgan fingerprint density at radius 3 is 2.50 bits per heavy atom. The average molecular weight is 357 g/mol. The van der Waals surface area contributed by atoms with Crippen LogP contribution in [0.1, 0.15) is 11.8 Å². The van der Waals surface area contributed by atoms with Gasteiger partial charge in [0.2, 0.25) is 0 Å². The molecule has 0 saturated carbocycles.